The minimum absolute atomic E-state index is 0.0214. The van der Waals surface area contributed by atoms with E-state index in [0.717, 1.165) is 83.2 Å². The van der Waals surface area contributed by atoms with Crippen LogP contribution in [0.4, 0.5) is 0 Å². The lowest BCUT2D eigenvalue weighted by atomic mass is 9.86. The second-order valence-corrected chi connectivity index (χ2v) is 14.2. The summed E-state index contributed by atoms with van der Waals surface area (Å²) in [7, 11) is 4.08. The Morgan fingerprint density at radius 3 is 2.11 bits per heavy atom. The molecular weight excluding hydrogens is 591 g/mol. The SMILES string of the molecule is CN1CCC(N(C(=O)C2CCCCC2)C2CCN(CCC(CN(C)C(=O)c3ccccc3)c3ccc(Cl)c(Cl)c3)CC2)CC1. The summed E-state index contributed by atoms with van der Waals surface area (Å²) in [6.45, 7) is 5.69. The number of amides is 2. The van der Waals surface area contributed by atoms with Crippen LogP contribution < -0.4 is 0 Å². The molecule has 240 valence electrons. The van der Waals surface area contributed by atoms with Gasteiger partial charge in [0.15, 0.2) is 0 Å². The van der Waals surface area contributed by atoms with Crippen molar-refractivity contribution in [2.24, 2.45) is 5.92 Å². The molecule has 0 aromatic heterocycles. The molecule has 0 radical (unpaired) electrons. The van der Waals surface area contributed by atoms with Gasteiger partial charge in [-0.3, -0.25) is 9.59 Å². The Morgan fingerprint density at radius 1 is 0.841 bits per heavy atom. The van der Waals surface area contributed by atoms with Crippen LogP contribution in [0.25, 0.3) is 0 Å². The van der Waals surface area contributed by atoms with Crippen LogP contribution >= 0.6 is 23.2 Å². The standard InChI is InChI=1S/C36H50Cl2N4O2/c1-39-20-16-31(17-21-39)42(36(44)28-11-7-4-8-12-28)32-18-23-41(24-19-32)22-15-30(29-13-14-33(37)34(38)25-29)26-40(2)35(43)27-9-5-3-6-10-27/h3,5-6,9-10,13-14,25,28,30-32H,4,7-8,11-12,15-24,26H2,1-2H3. The number of likely N-dealkylation sites (N-methyl/N-ethyl adjacent to an activating group) is 1. The zero-order valence-corrected chi connectivity index (χ0v) is 28.1. The smallest absolute Gasteiger partial charge is 0.253 e. The van der Waals surface area contributed by atoms with Crippen molar-refractivity contribution in [3.8, 4) is 0 Å². The molecule has 2 aromatic rings. The fourth-order valence-electron chi connectivity index (χ4n) is 7.60. The van der Waals surface area contributed by atoms with Gasteiger partial charge in [-0.25, -0.2) is 0 Å². The Balaban J connectivity index is 1.22. The maximum Gasteiger partial charge on any atom is 0.253 e. The molecule has 1 saturated carbocycles. The number of hydrogen-bond donors (Lipinski definition) is 0. The van der Waals surface area contributed by atoms with E-state index in [1.54, 1.807) is 0 Å². The maximum absolute atomic E-state index is 14.0. The third-order valence-electron chi connectivity index (χ3n) is 10.3. The van der Waals surface area contributed by atoms with Crippen LogP contribution in [-0.4, -0.2) is 96.9 Å². The molecule has 2 amide bonds. The molecule has 5 rings (SSSR count). The van der Waals surface area contributed by atoms with Crippen LogP contribution in [0.1, 0.15) is 86.0 Å². The van der Waals surface area contributed by atoms with E-state index in [1.165, 1.54) is 19.3 Å². The minimum atomic E-state index is 0.0214. The highest BCUT2D eigenvalue weighted by Crippen LogP contribution is 2.33. The van der Waals surface area contributed by atoms with Crippen LogP contribution in [0.2, 0.25) is 10.0 Å². The van der Waals surface area contributed by atoms with Gasteiger partial charge in [-0.15, -0.1) is 0 Å². The molecule has 3 fully saturated rings. The quantitative estimate of drug-likeness (QED) is 0.275. The van der Waals surface area contributed by atoms with Gasteiger partial charge in [0, 0.05) is 56.2 Å². The summed E-state index contributed by atoms with van der Waals surface area (Å²) >= 11 is 12.7. The molecule has 2 aromatic carbocycles. The Hall–Kier alpha value is -2.12. The third kappa shape index (κ3) is 8.57. The van der Waals surface area contributed by atoms with Crippen molar-refractivity contribution < 1.29 is 9.59 Å². The average Bonchev–Trinajstić information content (AvgIpc) is 3.06. The summed E-state index contributed by atoms with van der Waals surface area (Å²) in [5, 5.41) is 1.09. The van der Waals surface area contributed by atoms with E-state index >= 15 is 0 Å². The van der Waals surface area contributed by atoms with E-state index < -0.39 is 0 Å². The highest BCUT2D eigenvalue weighted by atomic mass is 35.5. The monoisotopic (exact) mass is 640 g/mol. The summed E-state index contributed by atoms with van der Waals surface area (Å²) in [5.74, 6) is 0.823. The second kappa shape index (κ2) is 15.9. The van der Waals surface area contributed by atoms with Gasteiger partial charge in [0.25, 0.3) is 5.91 Å². The normalized spacial score (nSPS) is 20.4. The molecule has 0 N–H and O–H groups in total. The lowest BCUT2D eigenvalue weighted by Crippen LogP contribution is -2.56. The first-order valence-electron chi connectivity index (χ1n) is 16.8. The van der Waals surface area contributed by atoms with Gasteiger partial charge in [-0.2, -0.15) is 0 Å². The third-order valence-corrected chi connectivity index (χ3v) is 11.1. The van der Waals surface area contributed by atoms with E-state index in [2.05, 4.69) is 21.7 Å². The number of hydrogen-bond acceptors (Lipinski definition) is 4. The van der Waals surface area contributed by atoms with Gasteiger partial charge < -0.3 is 19.6 Å². The van der Waals surface area contributed by atoms with Gasteiger partial charge in [0.05, 0.1) is 10.0 Å². The molecule has 0 spiro atoms. The number of benzene rings is 2. The highest BCUT2D eigenvalue weighted by Gasteiger charge is 2.37. The molecule has 6 nitrogen and oxygen atoms in total. The van der Waals surface area contributed by atoms with Crippen molar-refractivity contribution in [2.75, 3.05) is 53.4 Å². The zero-order valence-electron chi connectivity index (χ0n) is 26.6. The predicted molar refractivity (Wildman–Crippen MR) is 181 cm³/mol. The molecule has 3 aliphatic rings. The molecule has 1 unspecified atom stereocenters. The topological polar surface area (TPSA) is 47.1 Å². The van der Waals surface area contributed by atoms with E-state index in [1.807, 2.05) is 60.5 Å². The highest BCUT2D eigenvalue weighted by molar-refractivity contribution is 6.42. The molecular formula is C36H50Cl2N4O2. The molecule has 0 bridgehead atoms. The number of carbonyl (C=O) groups excluding carboxylic acids is 2. The van der Waals surface area contributed by atoms with Crippen molar-refractivity contribution in [1.82, 2.24) is 19.6 Å². The lowest BCUT2D eigenvalue weighted by Gasteiger charge is -2.46. The Morgan fingerprint density at radius 2 is 1.48 bits per heavy atom. The van der Waals surface area contributed by atoms with Crippen LogP contribution in [0.5, 0.6) is 0 Å². The lowest BCUT2D eigenvalue weighted by molar-refractivity contribution is -0.144. The second-order valence-electron chi connectivity index (χ2n) is 13.4. The Labute approximate surface area is 274 Å². The Kier molecular flexibility index (Phi) is 12.0. The first-order valence-corrected chi connectivity index (χ1v) is 17.5. The number of carbonyl (C=O) groups is 2. The van der Waals surface area contributed by atoms with E-state index in [9.17, 15) is 9.59 Å². The van der Waals surface area contributed by atoms with Crippen molar-refractivity contribution in [3.63, 3.8) is 0 Å². The first-order chi connectivity index (χ1) is 21.3. The van der Waals surface area contributed by atoms with Gasteiger partial charge in [-0.05, 0) is 101 Å². The van der Waals surface area contributed by atoms with Gasteiger partial charge >= 0.3 is 0 Å². The molecule has 2 aliphatic heterocycles. The van der Waals surface area contributed by atoms with Crippen LogP contribution in [0.15, 0.2) is 48.5 Å². The van der Waals surface area contributed by atoms with Gasteiger partial charge in [0.1, 0.15) is 0 Å². The van der Waals surface area contributed by atoms with Gasteiger partial charge in [0.2, 0.25) is 5.91 Å². The molecule has 2 heterocycles. The summed E-state index contributed by atoms with van der Waals surface area (Å²) < 4.78 is 0. The fourth-order valence-corrected chi connectivity index (χ4v) is 7.90. The number of likely N-dealkylation sites (tertiary alicyclic amines) is 2. The maximum atomic E-state index is 14.0. The van der Waals surface area contributed by atoms with Gasteiger partial charge in [-0.1, -0.05) is 66.7 Å². The number of piperidine rings is 2. The molecule has 44 heavy (non-hydrogen) atoms. The summed E-state index contributed by atoms with van der Waals surface area (Å²) in [4.78, 5) is 36.3. The van der Waals surface area contributed by atoms with Crippen LogP contribution in [-0.2, 0) is 4.79 Å². The van der Waals surface area contributed by atoms with Crippen LogP contribution in [0.3, 0.4) is 0 Å². The summed E-state index contributed by atoms with van der Waals surface area (Å²) in [6, 6.07) is 16.0. The molecule has 8 heteroatoms. The average molecular weight is 642 g/mol. The zero-order chi connectivity index (χ0) is 31.1. The largest absolute Gasteiger partial charge is 0.341 e. The van der Waals surface area contributed by atoms with Crippen molar-refractivity contribution in [1.29, 1.82) is 0 Å². The Bertz CT molecular complexity index is 1220. The fraction of sp³-hybridized carbons (Fsp3) is 0.611. The number of halogens is 2. The van der Waals surface area contributed by atoms with E-state index in [0.29, 0.717) is 40.1 Å². The van der Waals surface area contributed by atoms with E-state index in [4.69, 9.17) is 23.2 Å². The van der Waals surface area contributed by atoms with E-state index in [-0.39, 0.29) is 17.7 Å². The van der Waals surface area contributed by atoms with Crippen molar-refractivity contribution >= 4 is 35.0 Å². The molecule has 1 atom stereocenters. The van der Waals surface area contributed by atoms with Crippen molar-refractivity contribution in [3.05, 3.63) is 69.7 Å². The number of nitrogens with zero attached hydrogens (tertiary/aromatic N) is 4. The number of rotatable bonds is 10. The minimum Gasteiger partial charge on any atom is -0.341 e. The molecule has 1 aliphatic carbocycles. The first kappa shape index (κ1) is 33.2. The van der Waals surface area contributed by atoms with Crippen molar-refractivity contribution in [2.45, 2.75) is 82.2 Å². The summed E-state index contributed by atoms with van der Waals surface area (Å²) in [5.41, 5.74) is 1.80. The summed E-state index contributed by atoms with van der Waals surface area (Å²) in [6.07, 6.45) is 11.0. The predicted octanol–water partition coefficient (Wildman–Crippen LogP) is 7.21. The molecule has 2 saturated heterocycles. The van der Waals surface area contributed by atoms with Crippen LogP contribution in [0, 0.1) is 5.92 Å².